The molecule has 3 rings (SSSR count). The third-order valence-corrected chi connectivity index (χ3v) is 3.15. The van der Waals surface area contributed by atoms with Crippen LogP contribution in [0.4, 0.5) is 0 Å². The summed E-state index contributed by atoms with van der Waals surface area (Å²) in [5.41, 5.74) is 2.48. The largest absolute Gasteiger partial charge is 0.493 e. The number of nitrogens with one attached hydrogen (secondary N) is 1. The number of H-pyrrole nitrogens is 1. The minimum absolute atomic E-state index is 0.176. The molecule has 2 nitrogen and oxygen atoms in total. The summed E-state index contributed by atoms with van der Waals surface area (Å²) in [6.45, 7) is 7.25. The SMILES string of the molecule is CC(C)(C)COc1ccc2c(c1)[nH]c1ccccc12. The molecule has 2 heteroatoms. The van der Waals surface area contributed by atoms with Crippen LogP contribution in [-0.4, -0.2) is 11.6 Å². The molecular weight excluding hydrogens is 234 g/mol. The van der Waals surface area contributed by atoms with Crippen LogP contribution in [0, 0.1) is 5.41 Å². The summed E-state index contributed by atoms with van der Waals surface area (Å²) >= 11 is 0. The van der Waals surface area contributed by atoms with Gasteiger partial charge in [0.1, 0.15) is 5.75 Å². The number of aromatic amines is 1. The topological polar surface area (TPSA) is 25.0 Å². The van der Waals surface area contributed by atoms with Crippen molar-refractivity contribution in [2.24, 2.45) is 5.41 Å². The lowest BCUT2D eigenvalue weighted by molar-refractivity contribution is 0.198. The van der Waals surface area contributed by atoms with Crippen LogP contribution in [0.25, 0.3) is 21.8 Å². The summed E-state index contributed by atoms with van der Waals surface area (Å²) < 4.78 is 5.85. The third kappa shape index (κ3) is 2.43. The number of benzene rings is 2. The zero-order valence-electron chi connectivity index (χ0n) is 11.7. The molecule has 0 bridgehead atoms. The molecule has 1 heterocycles. The molecule has 2 aromatic carbocycles. The number of ether oxygens (including phenoxy) is 1. The number of hydrogen-bond donors (Lipinski definition) is 1. The monoisotopic (exact) mass is 253 g/mol. The normalized spacial score (nSPS) is 12.2. The van der Waals surface area contributed by atoms with E-state index in [0.29, 0.717) is 0 Å². The van der Waals surface area contributed by atoms with Crippen LogP contribution in [-0.2, 0) is 0 Å². The lowest BCUT2D eigenvalue weighted by Crippen LogP contribution is -2.16. The molecule has 0 aliphatic carbocycles. The summed E-state index contributed by atoms with van der Waals surface area (Å²) in [4.78, 5) is 3.44. The van der Waals surface area contributed by atoms with Gasteiger partial charge >= 0.3 is 0 Å². The Morgan fingerprint density at radius 1 is 0.947 bits per heavy atom. The molecule has 0 unspecified atom stereocenters. The zero-order chi connectivity index (χ0) is 13.5. The van der Waals surface area contributed by atoms with E-state index < -0.39 is 0 Å². The molecule has 0 fully saturated rings. The second kappa shape index (κ2) is 4.30. The van der Waals surface area contributed by atoms with Crippen molar-refractivity contribution < 1.29 is 4.74 Å². The number of aromatic nitrogens is 1. The van der Waals surface area contributed by atoms with E-state index in [9.17, 15) is 0 Å². The zero-order valence-corrected chi connectivity index (χ0v) is 11.7. The van der Waals surface area contributed by atoms with Crippen LogP contribution in [0.15, 0.2) is 42.5 Å². The molecular formula is C17H19NO. The molecule has 3 aromatic rings. The standard InChI is InChI=1S/C17H19NO/c1-17(2,3)11-19-12-8-9-14-13-6-4-5-7-15(13)18-16(14)10-12/h4-10,18H,11H2,1-3H3. The van der Waals surface area contributed by atoms with E-state index in [4.69, 9.17) is 4.74 Å². The van der Waals surface area contributed by atoms with E-state index in [-0.39, 0.29) is 5.41 Å². The van der Waals surface area contributed by atoms with Crippen molar-refractivity contribution in [3.8, 4) is 5.75 Å². The van der Waals surface area contributed by atoms with Gasteiger partial charge in [-0.2, -0.15) is 0 Å². The fourth-order valence-electron chi connectivity index (χ4n) is 2.22. The summed E-state index contributed by atoms with van der Waals surface area (Å²) in [5.74, 6) is 0.925. The van der Waals surface area contributed by atoms with Gasteiger partial charge in [0, 0.05) is 22.4 Å². The number of rotatable bonds is 2. The lowest BCUT2D eigenvalue weighted by Gasteiger charge is -2.18. The first-order valence-corrected chi connectivity index (χ1v) is 6.66. The van der Waals surface area contributed by atoms with Gasteiger partial charge in [-0.05, 0) is 23.6 Å². The molecule has 0 aliphatic rings. The van der Waals surface area contributed by atoms with Gasteiger partial charge in [0.15, 0.2) is 0 Å². The molecule has 0 saturated carbocycles. The Labute approximate surface area is 113 Å². The average Bonchev–Trinajstić information content (AvgIpc) is 2.73. The van der Waals surface area contributed by atoms with E-state index in [1.807, 2.05) is 6.07 Å². The van der Waals surface area contributed by atoms with Gasteiger partial charge in [0.25, 0.3) is 0 Å². The average molecular weight is 253 g/mol. The molecule has 1 aromatic heterocycles. The van der Waals surface area contributed by atoms with Crippen molar-refractivity contribution in [2.45, 2.75) is 20.8 Å². The Balaban J connectivity index is 1.99. The first-order valence-electron chi connectivity index (χ1n) is 6.66. The summed E-state index contributed by atoms with van der Waals surface area (Å²) in [6, 6.07) is 14.6. The highest BCUT2D eigenvalue weighted by Crippen LogP contribution is 2.28. The van der Waals surface area contributed by atoms with E-state index in [1.165, 1.54) is 16.3 Å². The van der Waals surface area contributed by atoms with Crippen molar-refractivity contribution in [3.63, 3.8) is 0 Å². The van der Waals surface area contributed by atoms with Crippen LogP contribution in [0.1, 0.15) is 20.8 Å². The van der Waals surface area contributed by atoms with Gasteiger partial charge in [-0.25, -0.2) is 0 Å². The highest BCUT2D eigenvalue weighted by atomic mass is 16.5. The second-order valence-electron chi connectivity index (χ2n) is 6.23. The van der Waals surface area contributed by atoms with Gasteiger partial charge in [-0.3, -0.25) is 0 Å². The highest BCUT2D eigenvalue weighted by Gasteiger charge is 2.11. The van der Waals surface area contributed by atoms with E-state index in [2.05, 4.69) is 62.2 Å². The maximum Gasteiger partial charge on any atom is 0.121 e. The Morgan fingerprint density at radius 2 is 1.68 bits per heavy atom. The van der Waals surface area contributed by atoms with E-state index >= 15 is 0 Å². The van der Waals surface area contributed by atoms with Crippen LogP contribution >= 0.6 is 0 Å². The number of hydrogen-bond acceptors (Lipinski definition) is 1. The smallest absolute Gasteiger partial charge is 0.121 e. The molecule has 0 spiro atoms. The third-order valence-electron chi connectivity index (χ3n) is 3.15. The van der Waals surface area contributed by atoms with Crippen molar-refractivity contribution in [2.75, 3.05) is 6.61 Å². The molecule has 0 amide bonds. The maximum absolute atomic E-state index is 5.85. The minimum Gasteiger partial charge on any atom is -0.493 e. The first-order chi connectivity index (χ1) is 9.03. The van der Waals surface area contributed by atoms with Crippen molar-refractivity contribution in [3.05, 3.63) is 42.5 Å². The minimum atomic E-state index is 0.176. The quantitative estimate of drug-likeness (QED) is 0.700. The maximum atomic E-state index is 5.85. The summed E-state index contributed by atoms with van der Waals surface area (Å²) in [6.07, 6.45) is 0. The van der Waals surface area contributed by atoms with Crippen LogP contribution in [0.2, 0.25) is 0 Å². The van der Waals surface area contributed by atoms with E-state index in [0.717, 1.165) is 17.9 Å². The van der Waals surface area contributed by atoms with Crippen molar-refractivity contribution in [1.82, 2.24) is 4.98 Å². The Kier molecular flexibility index (Phi) is 2.74. The Morgan fingerprint density at radius 3 is 2.47 bits per heavy atom. The molecule has 0 atom stereocenters. The molecule has 1 N–H and O–H groups in total. The second-order valence-corrected chi connectivity index (χ2v) is 6.23. The highest BCUT2D eigenvalue weighted by molar-refractivity contribution is 6.07. The molecule has 19 heavy (non-hydrogen) atoms. The van der Waals surface area contributed by atoms with Crippen molar-refractivity contribution in [1.29, 1.82) is 0 Å². The predicted molar refractivity (Wildman–Crippen MR) is 80.8 cm³/mol. The lowest BCUT2D eigenvalue weighted by atomic mass is 9.99. The van der Waals surface area contributed by atoms with Gasteiger partial charge in [0.05, 0.1) is 12.1 Å². The van der Waals surface area contributed by atoms with Gasteiger partial charge in [-0.15, -0.1) is 0 Å². The number of para-hydroxylation sites is 1. The van der Waals surface area contributed by atoms with Gasteiger partial charge < -0.3 is 9.72 Å². The summed E-state index contributed by atoms with van der Waals surface area (Å²) in [7, 11) is 0. The molecule has 98 valence electrons. The van der Waals surface area contributed by atoms with Crippen LogP contribution in [0.3, 0.4) is 0 Å². The van der Waals surface area contributed by atoms with Gasteiger partial charge in [-0.1, -0.05) is 39.0 Å². The van der Waals surface area contributed by atoms with Crippen LogP contribution in [0.5, 0.6) is 5.75 Å². The fraction of sp³-hybridized carbons (Fsp3) is 0.294. The molecule has 0 saturated heterocycles. The van der Waals surface area contributed by atoms with Gasteiger partial charge in [0.2, 0.25) is 0 Å². The predicted octanol–water partition coefficient (Wildman–Crippen LogP) is 4.75. The Bertz CT molecular complexity index is 719. The molecule has 0 aliphatic heterocycles. The van der Waals surface area contributed by atoms with Crippen molar-refractivity contribution >= 4 is 21.8 Å². The summed E-state index contributed by atoms with van der Waals surface area (Å²) in [5, 5.41) is 2.51. The number of fused-ring (bicyclic) bond motifs is 3. The Hall–Kier alpha value is -1.96. The first kappa shape index (κ1) is 12.1. The van der Waals surface area contributed by atoms with Crippen LogP contribution < -0.4 is 4.74 Å². The fourth-order valence-corrected chi connectivity index (χ4v) is 2.22. The van der Waals surface area contributed by atoms with E-state index in [1.54, 1.807) is 0 Å². The molecule has 0 radical (unpaired) electrons.